The monoisotopic (exact) mass is 332 g/mol. The number of carboxylic acids is 1. The minimum Gasteiger partial charge on any atom is -0.508 e. The quantitative estimate of drug-likeness (QED) is 0.880. The number of piperidine rings is 1. The van der Waals surface area contributed by atoms with Crippen LogP contribution in [0.25, 0.3) is 0 Å². The first kappa shape index (κ1) is 16.8. The van der Waals surface area contributed by atoms with E-state index in [-0.39, 0.29) is 17.1 Å². The number of amides is 1. The highest BCUT2D eigenvalue weighted by molar-refractivity contribution is 5.83. The lowest BCUT2D eigenvalue weighted by Gasteiger charge is -2.39. The molecule has 0 aromatic heterocycles. The van der Waals surface area contributed by atoms with Crippen LogP contribution in [-0.4, -0.2) is 57.6 Å². The van der Waals surface area contributed by atoms with E-state index >= 15 is 0 Å². The van der Waals surface area contributed by atoms with Crippen molar-refractivity contribution in [1.29, 1.82) is 0 Å². The smallest absolute Gasteiger partial charge is 0.326 e. The van der Waals surface area contributed by atoms with Crippen LogP contribution in [-0.2, 0) is 16.1 Å². The fourth-order valence-electron chi connectivity index (χ4n) is 4.07. The Morgan fingerprint density at radius 2 is 2.00 bits per heavy atom. The summed E-state index contributed by atoms with van der Waals surface area (Å²) < 4.78 is 0. The van der Waals surface area contributed by atoms with E-state index in [0.29, 0.717) is 13.0 Å². The summed E-state index contributed by atoms with van der Waals surface area (Å²) in [6.45, 7) is 4.55. The van der Waals surface area contributed by atoms with Crippen LogP contribution in [0.5, 0.6) is 5.75 Å². The van der Waals surface area contributed by atoms with Crippen molar-refractivity contribution in [1.82, 2.24) is 9.80 Å². The molecule has 130 valence electrons. The standard InChI is InChI=1S/C18H24N2O4/c1-13(21)20-12-18(10-16(20)17(23)24)5-7-19(8-6-18)11-14-3-2-4-15(22)9-14/h2-4,9,16,22H,5-8,10-12H2,1H3,(H,23,24)/t16-/m1/s1. The average molecular weight is 332 g/mol. The van der Waals surface area contributed by atoms with Crippen LogP contribution in [0.4, 0.5) is 0 Å². The van der Waals surface area contributed by atoms with Gasteiger partial charge in [-0.25, -0.2) is 4.79 Å². The second kappa shape index (κ2) is 6.43. The SMILES string of the molecule is CC(=O)N1CC2(CCN(Cc3cccc(O)c3)CC2)C[C@@H]1C(=O)O. The molecule has 2 heterocycles. The zero-order valence-corrected chi connectivity index (χ0v) is 13.9. The summed E-state index contributed by atoms with van der Waals surface area (Å²) in [5.41, 5.74) is 1.01. The second-order valence-corrected chi connectivity index (χ2v) is 7.15. The predicted octanol–water partition coefficient (Wildman–Crippen LogP) is 1.68. The number of likely N-dealkylation sites (tertiary alicyclic amines) is 2. The summed E-state index contributed by atoms with van der Waals surface area (Å²) in [7, 11) is 0. The minimum absolute atomic E-state index is 0.0654. The number of hydrogen-bond donors (Lipinski definition) is 2. The van der Waals surface area contributed by atoms with Crippen molar-refractivity contribution in [2.75, 3.05) is 19.6 Å². The molecule has 1 aromatic rings. The van der Waals surface area contributed by atoms with Crippen LogP contribution < -0.4 is 0 Å². The summed E-state index contributed by atoms with van der Waals surface area (Å²) in [5.74, 6) is -0.774. The van der Waals surface area contributed by atoms with Crippen molar-refractivity contribution in [3.8, 4) is 5.75 Å². The maximum atomic E-state index is 11.8. The number of aliphatic carboxylic acids is 1. The molecule has 1 atom stereocenters. The third-order valence-corrected chi connectivity index (χ3v) is 5.43. The molecule has 2 fully saturated rings. The Kier molecular flexibility index (Phi) is 4.49. The Bertz CT molecular complexity index is 614. The maximum Gasteiger partial charge on any atom is 0.326 e. The van der Waals surface area contributed by atoms with E-state index in [9.17, 15) is 19.8 Å². The van der Waals surface area contributed by atoms with Crippen LogP contribution in [0, 0.1) is 5.41 Å². The fraction of sp³-hybridized carbons (Fsp3) is 0.556. The number of aromatic hydroxyl groups is 1. The van der Waals surface area contributed by atoms with Crippen molar-refractivity contribution in [3.05, 3.63) is 29.8 Å². The molecule has 0 bridgehead atoms. The van der Waals surface area contributed by atoms with Crippen molar-refractivity contribution in [3.63, 3.8) is 0 Å². The van der Waals surface area contributed by atoms with Gasteiger partial charge in [-0.05, 0) is 55.5 Å². The van der Waals surface area contributed by atoms with E-state index in [0.717, 1.165) is 38.0 Å². The highest BCUT2D eigenvalue weighted by Crippen LogP contribution is 2.43. The van der Waals surface area contributed by atoms with E-state index in [4.69, 9.17) is 0 Å². The number of carbonyl (C=O) groups is 2. The zero-order valence-electron chi connectivity index (χ0n) is 13.9. The van der Waals surface area contributed by atoms with Crippen LogP contribution >= 0.6 is 0 Å². The van der Waals surface area contributed by atoms with Gasteiger partial charge < -0.3 is 15.1 Å². The first-order chi connectivity index (χ1) is 11.4. The normalized spacial score (nSPS) is 23.5. The Hall–Kier alpha value is -2.08. The van der Waals surface area contributed by atoms with Gasteiger partial charge in [-0.2, -0.15) is 0 Å². The molecular weight excluding hydrogens is 308 g/mol. The lowest BCUT2D eigenvalue weighted by atomic mass is 9.76. The topological polar surface area (TPSA) is 81.1 Å². The highest BCUT2D eigenvalue weighted by atomic mass is 16.4. The molecule has 0 saturated carbocycles. The van der Waals surface area contributed by atoms with E-state index in [1.165, 1.54) is 11.8 Å². The molecular formula is C18H24N2O4. The molecule has 1 aromatic carbocycles. The number of phenols is 1. The van der Waals surface area contributed by atoms with Crippen LogP contribution in [0.15, 0.2) is 24.3 Å². The summed E-state index contributed by atoms with van der Waals surface area (Å²) in [4.78, 5) is 27.1. The average Bonchev–Trinajstić information content (AvgIpc) is 2.90. The summed E-state index contributed by atoms with van der Waals surface area (Å²) >= 11 is 0. The van der Waals surface area contributed by atoms with Crippen molar-refractivity contribution >= 4 is 11.9 Å². The van der Waals surface area contributed by atoms with E-state index < -0.39 is 12.0 Å². The predicted molar refractivity (Wildman–Crippen MR) is 88.5 cm³/mol. The van der Waals surface area contributed by atoms with Gasteiger partial charge in [-0.15, -0.1) is 0 Å². The molecule has 6 nitrogen and oxygen atoms in total. The van der Waals surface area contributed by atoms with Gasteiger partial charge in [0.15, 0.2) is 0 Å². The van der Waals surface area contributed by atoms with Crippen molar-refractivity contribution < 1.29 is 19.8 Å². The fourth-order valence-corrected chi connectivity index (χ4v) is 4.07. The summed E-state index contributed by atoms with van der Waals surface area (Å²) in [5, 5.41) is 19.0. The van der Waals surface area contributed by atoms with Crippen molar-refractivity contribution in [2.24, 2.45) is 5.41 Å². The number of nitrogens with zero attached hydrogens (tertiary/aromatic N) is 2. The van der Waals surface area contributed by atoms with Crippen LogP contribution in [0.3, 0.4) is 0 Å². The summed E-state index contributed by atoms with van der Waals surface area (Å²) in [6.07, 6.45) is 2.36. The molecule has 24 heavy (non-hydrogen) atoms. The van der Waals surface area contributed by atoms with Gasteiger partial charge in [0.05, 0.1) is 0 Å². The number of carbonyl (C=O) groups excluding carboxylic acids is 1. The third kappa shape index (κ3) is 3.38. The molecule has 2 N–H and O–H groups in total. The van der Waals surface area contributed by atoms with Gasteiger partial charge >= 0.3 is 5.97 Å². The van der Waals surface area contributed by atoms with Gasteiger partial charge in [-0.3, -0.25) is 9.69 Å². The highest BCUT2D eigenvalue weighted by Gasteiger charge is 2.48. The molecule has 2 saturated heterocycles. The molecule has 0 aliphatic carbocycles. The maximum absolute atomic E-state index is 11.8. The van der Waals surface area contributed by atoms with Gasteiger partial charge in [0.1, 0.15) is 11.8 Å². The van der Waals surface area contributed by atoms with E-state index in [2.05, 4.69) is 4.90 Å². The van der Waals surface area contributed by atoms with E-state index in [1.807, 2.05) is 12.1 Å². The first-order valence-corrected chi connectivity index (χ1v) is 8.39. The molecule has 2 aliphatic heterocycles. The molecule has 0 radical (unpaired) electrons. The van der Waals surface area contributed by atoms with Gasteiger partial charge in [0.25, 0.3) is 0 Å². The number of carboxylic acid groups (broad SMARTS) is 1. The van der Waals surface area contributed by atoms with Gasteiger partial charge in [0, 0.05) is 20.0 Å². The second-order valence-electron chi connectivity index (χ2n) is 7.15. The number of benzene rings is 1. The summed E-state index contributed by atoms with van der Waals surface area (Å²) in [6, 6.07) is 6.60. The Balaban J connectivity index is 1.62. The molecule has 2 aliphatic rings. The third-order valence-electron chi connectivity index (χ3n) is 5.43. The van der Waals surface area contributed by atoms with E-state index in [1.54, 1.807) is 12.1 Å². The lowest BCUT2D eigenvalue weighted by Crippen LogP contribution is -2.42. The molecule has 1 amide bonds. The van der Waals surface area contributed by atoms with Gasteiger partial charge in [-0.1, -0.05) is 12.1 Å². The van der Waals surface area contributed by atoms with Crippen LogP contribution in [0.2, 0.25) is 0 Å². The lowest BCUT2D eigenvalue weighted by molar-refractivity contribution is -0.147. The Morgan fingerprint density at radius 1 is 1.29 bits per heavy atom. The largest absolute Gasteiger partial charge is 0.508 e. The molecule has 0 unspecified atom stereocenters. The Labute approximate surface area is 141 Å². The van der Waals surface area contributed by atoms with Gasteiger partial charge in [0.2, 0.25) is 5.91 Å². The number of hydrogen-bond acceptors (Lipinski definition) is 4. The zero-order chi connectivity index (χ0) is 17.3. The number of rotatable bonds is 3. The van der Waals surface area contributed by atoms with Crippen molar-refractivity contribution in [2.45, 2.75) is 38.8 Å². The first-order valence-electron chi connectivity index (χ1n) is 8.39. The molecule has 3 rings (SSSR count). The Morgan fingerprint density at radius 3 is 2.54 bits per heavy atom. The molecule has 1 spiro atoms. The number of phenolic OH excluding ortho intramolecular Hbond substituents is 1. The minimum atomic E-state index is -0.899. The molecule has 6 heteroatoms. The van der Waals surface area contributed by atoms with Crippen LogP contribution in [0.1, 0.15) is 31.7 Å².